The number of benzene rings is 1. The predicted molar refractivity (Wildman–Crippen MR) is 116 cm³/mol. The summed E-state index contributed by atoms with van der Waals surface area (Å²) >= 11 is 1.21. The Labute approximate surface area is 180 Å². The molecule has 1 aromatic heterocycles. The van der Waals surface area contributed by atoms with Gasteiger partial charge >= 0.3 is 6.03 Å². The third-order valence-electron chi connectivity index (χ3n) is 5.16. The molecule has 1 fully saturated rings. The molecule has 0 bridgehead atoms. The molecule has 0 radical (unpaired) electrons. The number of imidazole rings is 1. The highest BCUT2D eigenvalue weighted by atomic mass is 32.2. The summed E-state index contributed by atoms with van der Waals surface area (Å²) in [5, 5.41) is 10.5. The number of amides is 3. The summed E-state index contributed by atoms with van der Waals surface area (Å²) in [5.41, 5.74) is 1.23. The quantitative estimate of drug-likeness (QED) is 0.574. The third-order valence-corrected chi connectivity index (χ3v) is 7.16. The number of carbonyl (C=O) groups excluding carboxylic acids is 2. The highest BCUT2D eigenvalue weighted by Crippen LogP contribution is 2.28. The second kappa shape index (κ2) is 9.36. The molecule has 3 amide bonds. The molecule has 2 aromatic rings. The lowest BCUT2D eigenvalue weighted by Gasteiger charge is -2.23. The summed E-state index contributed by atoms with van der Waals surface area (Å²) < 4.78 is 25.1. The molecule has 1 atom stereocenters. The average Bonchev–Trinajstić information content (AvgIpc) is 3.03. The number of hydrogen-bond donors (Lipinski definition) is 3. The van der Waals surface area contributed by atoms with Crippen molar-refractivity contribution in [2.45, 2.75) is 73.8 Å². The van der Waals surface area contributed by atoms with E-state index in [4.69, 9.17) is 5.14 Å². The maximum Gasteiger partial charge on any atom is 0.321 e. The Morgan fingerprint density at radius 1 is 1.30 bits per heavy atom. The molecule has 1 saturated carbocycles. The number of nitrogens with zero attached hydrogens (tertiary/aromatic N) is 2. The molecule has 164 valence electrons. The van der Waals surface area contributed by atoms with Gasteiger partial charge in [-0.25, -0.2) is 23.3 Å². The summed E-state index contributed by atoms with van der Waals surface area (Å²) in [5.74, 6) is -0.409. The molecule has 1 heterocycles. The smallest absolute Gasteiger partial charge is 0.321 e. The minimum Gasteiger partial charge on any atom is -0.335 e. The first-order valence-electron chi connectivity index (χ1n) is 10.00. The van der Waals surface area contributed by atoms with Crippen LogP contribution in [-0.4, -0.2) is 41.2 Å². The monoisotopic (exact) mass is 453 g/mol. The van der Waals surface area contributed by atoms with Crippen molar-refractivity contribution in [3.8, 4) is 0 Å². The largest absolute Gasteiger partial charge is 0.335 e. The van der Waals surface area contributed by atoms with Gasteiger partial charge in [-0.1, -0.05) is 31.0 Å². The molecule has 1 aliphatic carbocycles. The van der Waals surface area contributed by atoms with Crippen molar-refractivity contribution in [1.29, 1.82) is 0 Å². The molecule has 0 unspecified atom stereocenters. The fraction of sp³-hybridized carbons (Fsp3) is 0.526. The number of carbonyl (C=O) groups is 2. The van der Waals surface area contributed by atoms with Gasteiger partial charge in [0.25, 0.3) is 0 Å². The van der Waals surface area contributed by atoms with Crippen molar-refractivity contribution in [2.24, 2.45) is 5.14 Å². The van der Waals surface area contributed by atoms with Crippen molar-refractivity contribution < 1.29 is 18.0 Å². The average molecular weight is 454 g/mol. The van der Waals surface area contributed by atoms with Gasteiger partial charge in [-0.3, -0.25) is 10.1 Å². The van der Waals surface area contributed by atoms with E-state index < -0.39 is 27.2 Å². The van der Waals surface area contributed by atoms with Crippen LogP contribution in [0.2, 0.25) is 0 Å². The Kier molecular flexibility index (Phi) is 7.04. The Balaban J connectivity index is 1.69. The molecule has 1 aromatic carbocycles. The van der Waals surface area contributed by atoms with Gasteiger partial charge in [0.05, 0.1) is 21.2 Å². The van der Waals surface area contributed by atoms with Crippen LogP contribution in [0, 0.1) is 0 Å². The Morgan fingerprint density at radius 2 is 2.00 bits per heavy atom. The normalized spacial score (nSPS) is 16.4. The lowest BCUT2D eigenvalue weighted by atomic mass is 9.96. The summed E-state index contributed by atoms with van der Waals surface area (Å²) in [6.07, 6.45) is 5.24. The first-order valence-corrected chi connectivity index (χ1v) is 12.4. The summed E-state index contributed by atoms with van der Waals surface area (Å²) in [7, 11) is -3.83. The van der Waals surface area contributed by atoms with E-state index in [-0.39, 0.29) is 10.9 Å². The summed E-state index contributed by atoms with van der Waals surface area (Å²) in [6.45, 7) is 4.22. The van der Waals surface area contributed by atoms with Crippen LogP contribution in [0.15, 0.2) is 28.3 Å². The van der Waals surface area contributed by atoms with Crippen LogP contribution in [0.4, 0.5) is 4.79 Å². The number of urea groups is 1. The zero-order valence-corrected chi connectivity index (χ0v) is 18.7. The highest BCUT2D eigenvalue weighted by molar-refractivity contribution is 8.00. The van der Waals surface area contributed by atoms with Crippen LogP contribution in [0.1, 0.15) is 46.0 Å². The maximum atomic E-state index is 12.5. The number of imide groups is 1. The second-order valence-electron chi connectivity index (χ2n) is 7.39. The van der Waals surface area contributed by atoms with Crippen LogP contribution >= 0.6 is 11.8 Å². The number of aryl methyl sites for hydroxylation is 1. The summed E-state index contributed by atoms with van der Waals surface area (Å²) in [4.78, 5) is 29.1. The Hall–Kier alpha value is -2.11. The number of nitrogens with one attached hydrogen (secondary N) is 2. The number of primary sulfonamides is 1. The first-order chi connectivity index (χ1) is 14.2. The van der Waals surface area contributed by atoms with Gasteiger partial charge < -0.3 is 9.88 Å². The molecule has 11 heteroatoms. The van der Waals surface area contributed by atoms with E-state index in [0.29, 0.717) is 17.2 Å². The molecule has 3 rings (SSSR count). The van der Waals surface area contributed by atoms with Gasteiger partial charge in [-0.05, 0) is 44.9 Å². The van der Waals surface area contributed by atoms with Crippen molar-refractivity contribution in [3.63, 3.8) is 0 Å². The number of fused-ring (bicyclic) bond motifs is 1. The van der Waals surface area contributed by atoms with Crippen molar-refractivity contribution in [2.75, 3.05) is 0 Å². The predicted octanol–water partition coefficient (Wildman–Crippen LogP) is 2.34. The van der Waals surface area contributed by atoms with E-state index in [1.807, 2.05) is 11.5 Å². The van der Waals surface area contributed by atoms with Crippen LogP contribution in [0.5, 0.6) is 0 Å². The maximum absolute atomic E-state index is 12.5. The molecular formula is C19H27N5O4S2. The number of hydrogen-bond acceptors (Lipinski definition) is 6. The van der Waals surface area contributed by atoms with Crippen molar-refractivity contribution in [1.82, 2.24) is 20.2 Å². The minimum atomic E-state index is -3.83. The fourth-order valence-corrected chi connectivity index (χ4v) is 5.08. The van der Waals surface area contributed by atoms with Gasteiger partial charge in [0.15, 0.2) is 5.16 Å². The number of rotatable bonds is 6. The van der Waals surface area contributed by atoms with Crippen molar-refractivity contribution >= 4 is 44.8 Å². The van der Waals surface area contributed by atoms with Gasteiger partial charge in [-0.2, -0.15) is 0 Å². The number of sulfonamides is 1. The Bertz CT molecular complexity index is 1040. The first kappa shape index (κ1) is 22.6. The van der Waals surface area contributed by atoms with E-state index in [1.54, 1.807) is 13.0 Å². The number of aromatic nitrogens is 2. The molecule has 0 spiro atoms. The third kappa shape index (κ3) is 5.32. The number of thioether (sulfide) groups is 1. The van der Waals surface area contributed by atoms with E-state index >= 15 is 0 Å². The fourth-order valence-electron chi connectivity index (χ4n) is 3.55. The molecule has 9 nitrogen and oxygen atoms in total. The zero-order chi connectivity index (χ0) is 21.9. The van der Waals surface area contributed by atoms with Crippen LogP contribution in [0.3, 0.4) is 0 Å². The minimum absolute atomic E-state index is 0.0162. The van der Waals surface area contributed by atoms with Crippen LogP contribution in [-0.2, 0) is 21.4 Å². The van der Waals surface area contributed by atoms with E-state index in [9.17, 15) is 18.0 Å². The van der Waals surface area contributed by atoms with Crippen LogP contribution < -0.4 is 15.8 Å². The molecule has 0 saturated heterocycles. The number of nitrogens with two attached hydrogens (primary N) is 1. The molecular weight excluding hydrogens is 426 g/mol. The van der Waals surface area contributed by atoms with Crippen molar-refractivity contribution in [3.05, 3.63) is 18.2 Å². The topological polar surface area (TPSA) is 136 Å². The zero-order valence-electron chi connectivity index (χ0n) is 17.1. The second-order valence-corrected chi connectivity index (χ2v) is 10.3. The lowest BCUT2D eigenvalue weighted by Crippen LogP contribution is -2.47. The molecule has 4 N–H and O–H groups in total. The van der Waals surface area contributed by atoms with Gasteiger partial charge in [0.1, 0.15) is 0 Å². The Morgan fingerprint density at radius 3 is 2.63 bits per heavy atom. The molecule has 30 heavy (non-hydrogen) atoms. The highest BCUT2D eigenvalue weighted by Gasteiger charge is 2.23. The van der Waals surface area contributed by atoms with E-state index in [2.05, 4.69) is 15.6 Å². The molecule has 0 aliphatic heterocycles. The van der Waals surface area contributed by atoms with Crippen LogP contribution in [0.25, 0.3) is 11.0 Å². The van der Waals surface area contributed by atoms with E-state index in [1.165, 1.54) is 30.3 Å². The lowest BCUT2D eigenvalue weighted by molar-refractivity contribution is -0.119. The van der Waals surface area contributed by atoms with Gasteiger partial charge in [-0.15, -0.1) is 0 Å². The van der Waals surface area contributed by atoms with E-state index in [0.717, 1.165) is 31.2 Å². The standard InChI is InChI=1S/C19H27N5O4S2/c1-3-24-16-10-9-14(30(20,27)28)11-15(16)22-19(24)29-12(2)17(25)23-18(26)21-13-7-5-4-6-8-13/h9-13H,3-8H2,1-2H3,(H2,20,27,28)(H2,21,23,25,26)/t12-/m1/s1. The molecule has 1 aliphatic rings. The van der Waals surface area contributed by atoms with Gasteiger partial charge in [0.2, 0.25) is 15.9 Å². The summed E-state index contributed by atoms with van der Waals surface area (Å²) in [6, 6.07) is 4.15. The SMILES string of the molecule is CCn1c(S[C@H](C)C(=O)NC(=O)NC2CCCCC2)nc2cc(S(N)(=O)=O)ccc21. The van der Waals surface area contributed by atoms with Gasteiger partial charge in [0, 0.05) is 12.6 Å².